The average molecular weight is 296 g/mol. The molecule has 1 heterocycles. The lowest BCUT2D eigenvalue weighted by molar-refractivity contribution is 0.574. The topological polar surface area (TPSA) is 90.0 Å². The highest BCUT2D eigenvalue weighted by molar-refractivity contribution is 7.88. The minimum atomic E-state index is -3.12. The SMILES string of the molecule is CCc1nc2cc(N)ccc2n1CCCNS(C)(=O)=O. The first-order valence-corrected chi connectivity index (χ1v) is 8.49. The summed E-state index contributed by atoms with van der Waals surface area (Å²) in [5.41, 5.74) is 8.39. The van der Waals surface area contributed by atoms with E-state index < -0.39 is 10.0 Å². The second kappa shape index (κ2) is 5.80. The van der Waals surface area contributed by atoms with Crippen LogP contribution in [0.15, 0.2) is 18.2 Å². The normalized spacial score (nSPS) is 12.1. The quantitative estimate of drug-likeness (QED) is 0.617. The van der Waals surface area contributed by atoms with Crippen LogP contribution in [0.4, 0.5) is 5.69 Å². The summed E-state index contributed by atoms with van der Waals surface area (Å²) >= 11 is 0. The number of rotatable bonds is 6. The van der Waals surface area contributed by atoms with Crippen molar-refractivity contribution in [3.05, 3.63) is 24.0 Å². The van der Waals surface area contributed by atoms with Crippen LogP contribution in [0.3, 0.4) is 0 Å². The molecule has 0 amide bonds. The van der Waals surface area contributed by atoms with Crippen molar-refractivity contribution < 1.29 is 8.42 Å². The molecule has 0 fully saturated rings. The Morgan fingerprint density at radius 1 is 1.40 bits per heavy atom. The molecule has 2 aromatic rings. The smallest absolute Gasteiger partial charge is 0.208 e. The van der Waals surface area contributed by atoms with Crippen molar-refractivity contribution in [3.8, 4) is 0 Å². The third-order valence-electron chi connectivity index (χ3n) is 3.09. The Hall–Kier alpha value is -1.60. The van der Waals surface area contributed by atoms with Crippen LogP contribution in [0.2, 0.25) is 0 Å². The summed E-state index contributed by atoms with van der Waals surface area (Å²) in [6, 6.07) is 5.68. The first-order chi connectivity index (χ1) is 9.40. The number of nitrogens with zero attached hydrogens (tertiary/aromatic N) is 2. The maximum atomic E-state index is 11.0. The fourth-order valence-corrected chi connectivity index (χ4v) is 2.73. The van der Waals surface area contributed by atoms with Crippen molar-refractivity contribution >= 4 is 26.7 Å². The van der Waals surface area contributed by atoms with Crippen molar-refractivity contribution in [1.29, 1.82) is 0 Å². The monoisotopic (exact) mass is 296 g/mol. The molecule has 1 aromatic heterocycles. The molecule has 0 aliphatic heterocycles. The Balaban J connectivity index is 2.16. The number of sulfonamides is 1. The standard InChI is InChI=1S/C13H20N4O2S/c1-3-13-16-11-9-10(14)5-6-12(11)17(13)8-4-7-15-20(2,18)19/h5-6,9,15H,3-4,7-8,14H2,1-2H3. The zero-order valence-electron chi connectivity index (χ0n) is 11.8. The third-order valence-corrected chi connectivity index (χ3v) is 3.82. The number of nitrogens with two attached hydrogens (primary N) is 1. The molecule has 0 unspecified atom stereocenters. The Morgan fingerprint density at radius 2 is 2.15 bits per heavy atom. The van der Waals surface area contributed by atoms with E-state index in [2.05, 4.69) is 21.2 Å². The minimum Gasteiger partial charge on any atom is -0.399 e. The van der Waals surface area contributed by atoms with Gasteiger partial charge in [0.15, 0.2) is 0 Å². The molecule has 0 spiro atoms. The van der Waals surface area contributed by atoms with Gasteiger partial charge in [0.1, 0.15) is 5.82 Å². The lowest BCUT2D eigenvalue weighted by Gasteiger charge is -2.08. The highest BCUT2D eigenvalue weighted by Gasteiger charge is 2.09. The molecule has 0 aliphatic rings. The number of hydrogen-bond acceptors (Lipinski definition) is 4. The van der Waals surface area contributed by atoms with Crippen LogP contribution in [0.25, 0.3) is 11.0 Å². The van der Waals surface area contributed by atoms with Crippen LogP contribution in [-0.4, -0.2) is 30.8 Å². The number of anilines is 1. The Bertz CT molecular complexity index is 706. The maximum absolute atomic E-state index is 11.0. The second-order valence-electron chi connectivity index (χ2n) is 4.80. The molecule has 0 saturated heterocycles. The summed E-state index contributed by atoms with van der Waals surface area (Å²) in [6.07, 6.45) is 2.71. The largest absolute Gasteiger partial charge is 0.399 e. The predicted molar refractivity (Wildman–Crippen MR) is 81.0 cm³/mol. The zero-order chi connectivity index (χ0) is 14.8. The van der Waals surface area contributed by atoms with Crippen LogP contribution in [0.5, 0.6) is 0 Å². The van der Waals surface area contributed by atoms with Crippen molar-refractivity contribution in [2.75, 3.05) is 18.5 Å². The van der Waals surface area contributed by atoms with E-state index in [1.807, 2.05) is 18.2 Å². The second-order valence-corrected chi connectivity index (χ2v) is 6.63. The van der Waals surface area contributed by atoms with E-state index in [1.165, 1.54) is 6.26 Å². The number of nitrogens with one attached hydrogen (secondary N) is 1. The van der Waals surface area contributed by atoms with Gasteiger partial charge in [-0.2, -0.15) is 0 Å². The van der Waals surface area contributed by atoms with Gasteiger partial charge in [-0.15, -0.1) is 0 Å². The Kier molecular flexibility index (Phi) is 4.29. The van der Waals surface area contributed by atoms with Gasteiger partial charge in [0, 0.05) is 25.2 Å². The van der Waals surface area contributed by atoms with E-state index >= 15 is 0 Å². The highest BCUT2D eigenvalue weighted by Crippen LogP contribution is 2.19. The van der Waals surface area contributed by atoms with Gasteiger partial charge in [-0.25, -0.2) is 18.1 Å². The minimum absolute atomic E-state index is 0.427. The van der Waals surface area contributed by atoms with Crippen molar-refractivity contribution in [2.45, 2.75) is 26.3 Å². The Morgan fingerprint density at radius 3 is 2.80 bits per heavy atom. The van der Waals surface area contributed by atoms with Gasteiger partial charge in [0.05, 0.1) is 17.3 Å². The van der Waals surface area contributed by atoms with E-state index in [4.69, 9.17) is 5.73 Å². The molecule has 0 bridgehead atoms. The predicted octanol–water partition coefficient (Wildman–Crippen LogP) is 1.12. The van der Waals surface area contributed by atoms with Gasteiger partial charge in [-0.05, 0) is 24.6 Å². The van der Waals surface area contributed by atoms with E-state index in [-0.39, 0.29) is 0 Å². The number of fused-ring (bicyclic) bond motifs is 1. The summed E-state index contributed by atoms with van der Waals surface area (Å²) in [5, 5.41) is 0. The first-order valence-electron chi connectivity index (χ1n) is 6.60. The average Bonchev–Trinajstić information content (AvgIpc) is 2.70. The molecule has 110 valence electrons. The number of aryl methyl sites for hydroxylation is 2. The molecule has 20 heavy (non-hydrogen) atoms. The lowest BCUT2D eigenvalue weighted by atomic mass is 10.3. The van der Waals surface area contributed by atoms with Crippen LogP contribution in [0.1, 0.15) is 19.2 Å². The fraction of sp³-hybridized carbons (Fsp3) is 0.462. The van der Waals surface area contributed by atoms with Gasteiger partial charge >= 0.3 is 0 Å². The first kappa shape index (κ1) is 14.8. The van der Waals surface area contributed by atoms with Crippen molar-refractivity contribution in [2.24, 2.45) is 0 Å². The number of aromatic nitrogens is 2. The van der Waals surface area contributed by atoms with E-state index in [0.717, 1.165) is 36.2 Å². The van der Waals surface area contributed by atoms with Crippen molar-refractivity contribution in [1.82, 2.24) is 14.3 Å². The summed E-state index contributed by atoms with van der Waals surface area (Å²) in [7, 11) is -3.12. The number of benzene rings is 1. The molecule has 2 rings (SSSR count). The molecule has 0 atom stereocenters. The molecule has 1 aromatic carbocycles. The molecule has 0 radical (unpaired) electrons. The fourth-order valence-electron chi connectivity index (χ4n) is 2.21. The van der Waals surface area contributed by atoms with Gasteiger partial charge in [-0.3, -0.25) is 0 Å². The number of hydrogen-bond donors (Lipinski definition) is 2. The van der Waals surface area contributed by atoms with Crippen LogP contribution < -0.4 is 10.5 Å². The summed E-state index contributed by atoms with van der Waals surface area (Å²) in [6.45, 7) is 3.21. The molecule has 0 aliphatic carbocycles. The summed E-state index contributed by atoms with van der Waals surface area (Å²) in [5.74, 6) is 0.991. The number of imidazole rings is 1. The summed E-state index contributed by atoms with van der Waals surface area (Å²) in [4.78, 5) is 4.56. The van der Waals surface area contributed by atoms with Gasteiger partial charge in [0.25, 0.3) is 0 Å². The molecule has 0 saturated carbocycles. The van der Waals surface area contributed by atoms with Crippen LogP contribution in [0, 0.1) is 0 Å². The maximum Gasteiger partial charge on any atom is 0.208 e. The van der Waals surface area contributed by atoms with Gasteiger partial charge < -0.3 is 10.3 Å². The van der Waals surface area contributed by atoms with E-state index in [1.54, 1.807) is 0 Å². The molecular formula is C13H20N4O2S. The third kappa shape index (κ3) is 3.49. The zero-order valence-corrected chi connectivity index (χ0v) is 12.6. The van der Waals surface area contributed by atoms with Crippen LogP contribution in [-0.2, 0) is 23.0 Å². The highest BCUT2D eigenvalue weighted by atomic mass is 32.2. The molecular weight excluding hydrogens is 276 g/mol. The van der Waals surface area contributed by atoms with E-state index in [9.17, 15) is 8.42 Å². The molecule has 6 nitrogen and oxygen atoms in total. The molecule has 3 N–H and O–H groups in total. The number of nitrogen functional groups attached to an aromatic ring is 1. The molecule has 7 heteroatoms. The van der Waals surface area contributed by atoms with Crippen molar-refractivity contribution in [3.63, 3.8) is 0 Å². The summed E-state index contributed by atoms with van der Waals surface area (Å²) < 4.78 is 26.7. The lowest BCUT2D eigenvalue weighted by Crippen LogP contribution is -2.24. The van der Waals surface area contributed by atoms with Gasteiger partial charge in [0.2, 0.25) is 10.0 Å². The Labute approximate surface area is 119 Å². The van der Waals surface area contributed by atoms with Gasteiger partial charge in [-0.1, -0.05) is 6.92 Å². The van der Waals surface area contributed by atoms with E-state index in [0.29, 0.717) is 12.2 Å². The van der Waals surface area contributed by atoms with Crippen LogP contribution >= 0.6 is 0 Å².